The second-order valence-electron chi connectivity index (χ2n) is 5.81. The van der Waals surface area contributed by atoms with Gasteiger partial charge in [-0.15, -0.1) is 5.10 Å². The Kier molecular flexibility index (Phi) is 5.43. The number of amides is 1. The molecule has 2 fully saturated rings. The van der Waals surface area contributed by atoms with E-state index in [1.165, 1.54) is 17.3 Å². The molecule has 0 aromatic heterocycles. The Morgan fingerprint density at radius 2 is 1.96 bits per heavy atom. The van der Waals surface area contributed by atoms with Crippen molar-refractivity contribution in [2.45, 2.75) is 6.54 Å². The lowest BCUT2D eigenvalue weighted by atomic mass is 10.1. The molecule has 122 valence electrons. The van der Waals surface area contributed by atoms with E-state index in [9.17, 15) is 4.79 Å². The number of amidine groups is 1. The lowest BCUT2D eigenvalue weighted by Gasteiger charge is -2.32. The number of nitrogens with zero attached hydrogens (tertiary/aromatic N) is 4. The minimum absolute atomic E-state index is 0.0165. The standard InChI is InChI=1S/C16H21N5OS/c1-20-6-8-21(9-7-20)11-14-4-2-13(3-5-14)10-17-19-16-18-15(22)12-23-16/h2-5,10H,6-9,11-12H2,1H3,(H,18,19,22). The average Bonchev–Trinajstić information content (AvgIpc) is 2.97. The van der Waals surface area contributed by atoms with E-state index in [2.05, 4.69) is 56.6 Å². The molecule has 3 rings (SSSR count). The number of nitrogens with one attached hydrogen (secondary N) is 1. The maximum absolute atomic E-state index is 11.0. The van der Waals surface area contributed by atoms with Crippen LogP contribution in [0, 0.1) is 0 Å². The third-order valence-electron chi connectivity index (χ3n) is 3.92. The number of carbonyl (C=O) groups excluding carboxylic acids is 1. The van der Waals surface area contributed by atoms with E-state index < -0.39 is 0 Å². The summed E-state index contributed by atoms with van der Waals surface area (Å²) < 4.78 is 0. The van der Waals surface area contributed by atoms with Gasteiger partial charge in [0.1, 0.15) is 0 Å². The molecule has 7 heteroatoms. The SMILES string of the molecule is CN1CCN(Cc2ccc(C=NN=C3NC(=O)CS3)cc2)CC1. The van der Waals surface area contributed by atoms with E-state index in [1.54, 1.807) is 6.21 Å². The molecule has 0 radical (unpaired) electrons. The minimum Gasteiger partial charge on any atom is -0.304 e. The van der Waals surface area contributed by atoms with Gasteiger partial charge in [-0.25, -0.2) is 0 Å². The second kappa shape index (κ2) is 7.72. The molecule has 0 aliphatic carbocycles. The first-order valence-corrected chi connectivity index (χ1v) is 8.71. The molecule has 1 amide bonds. The fourth-order valence-corrected chi connectivity index (χ4v) is 3.13. The summed E-state index contributed by atoms with van der Waals surface area (Å²) in [4.78, 5) is 15.9. The highest BCUT2D eigenvalue weighted by Gasteiger charge is 2.16. The fourth-order valence-electron chi connectivity index (χ4n) is 2.50. The van der Waals surface area contributed by atoms with E-state index in [0.29, 0.717) is 10.9 Å². The van der Waals surface area contributed by atoms with Crippen molar-refractivity contribution in [1.29, 1.82) is 0 Å². The number of thioether (sulfide) groups is 1. The maximum Gasteiger partial charge on any atom is 0.236 e. The molecule has 23 heavy (non-hydrogen) atoms. The van der Waals surface area contributed by atoms with Gasteiger partial charge in [0.15, 0.2) is 5.17 Å². The monoisotopic (exact) mass is 331 g/mol. The van der Waals surface area contributed by atoms with Gasteiger partial charge in [0.2, 0.25) is 5.91 Å². The zero-order valence-electron chi connectivity index (χ0n) is 13.2. The highest BCUT2D eigenvalue weighted by molar-refractivity contribution is 8.15. The Hall–Kier alpha value is -1.70. The van der Waals surface area contributed by atoms with E-state index in [-0.39, 0.29) is 5.91 Å². The maximum atomic E-state index is 11.0. The highest BCUT2D eigenvalue weighted by atomic mass is 32.2. The van der Waals surface area contributed by atoms with Crippen LogP contribution in [0.15, 0.2) is 34.5 Å². The molecule has 1 aromatic rings. The third kappa shape index (κ3) is 4.89. The molecule has 1 N–H and O–H groups in total. The second-order valence-corrected chi connectivity index (χ2v) is 6.77. The molecule has 2 saturated heterocycles. The number of benzene rings is 1. The summed E-state index contributed by atoms with van der Waals surface area (Å²) in [6.07, 6.45) is 1.71. The van der Waals surface area contributed by atoms with Gasteiger partial charge in [-0.1, -0.05) is 36.0 Å². The number of carbonyl (C=O) groups is 1. The first kappa shape index (κ1) is 16.2. The largest absolute Gasteiger partial charge is 0.304 e. The van der Waals surface area contributed by atoms with Crippen LogP contribution in [-0.2, 0) is 11.3 Å². The normalized spacial score (nSPS) is 22.1. The van der Waals surface area contributed by atoms with Crippen molar-refractivity contribution in [3.05, 3.63) is 35.4 Å². The Morgan fingerprint density at radius 3 is 2.61 bits per heavy atom. The first-order chi connectivity index (χ1) is 11.2. The van der Waals surface area contributed by atoms with Crippen LogP contribution < -0.4 is 5.32 Å². The van der Waals surface area contributed by atoms with Gasteiger partial charge >= 0.3 is 0 Å². The highest BCUT2D eigenvalue weighted by Crippen LogP contribution is 2.10. The first-order valence-electron chi connectivity index (χ1n) is 7.72. The van der Waals surface area contributed by atoms with Crippen molar-refractivity contribution in [2.24, 2.45) is 10.2 Å². The fraction of sp³-hybridized carbons (Fsp3) is 0.438. The van der Waals surface area contributed by atoms with Crippen LogP contribution in [0.1, 0.15) is 11.1 Å². The van der Waals surface area contributed by atoms with Crippen molar-refractivity contribution < 1.29 is 4.79 Å². The summed E-state index contributed by atoms with van der Waals surface area (Å²) in [7, 11) is 2.17. The zero-order chi connectivity index (χ0) is 16.1. The van der Waals surface area contributed by atoms with Crippen molar-refractivity contribution in [2.75, 3.05) is 39.0 Å². The van der Waals surface area contributed by atoms with Crippen molar-refractivity contribution in [3.8, 4) is 0 Å². The molecule has 0 spiro atoms. The average molecular weight is 331 g/mol. The molecule has 1 aromatic carbocycles. The van der Waals surface area contributed by atoms with Crippen LogP contribution >= 0.6 is 11.8 Å². The van der Waals surface area contributed by atoms with Gasteiger partial charge in [0.25, 0.3) is 0 Å². The summed E-state index contributed by atoms with van der Waals surface area (Å²) in [6.45, 7) is 5.52. The Balaban J connectivity index is 1.51. The quantitative estimate of drug-likeness (QED) is 0.660. The summed E-state index contributed by atoms with van der Waals surface area (Å²) in [6, 6.07) is 8.38. The summed E-state index contributed by atoms with van der Waals surface area (Å²) in [5.41, 5.74) is 2.32. The number of hydrogen-bond acceptors (Lipinski definition) is 6. The van der Waals surface area contributed by atoms with Crippen LogP contribution in [0.3, 0.4) is 0 Å². The van der Waals surface area contributed by atoms with Crippen molar-refractivity contribution >= 4 is 29.1 Å². The molecule has 6 nitrogen and oxygen atoms in total. The topological polar surface area (TPSA) is 60.3 Å². The number of rotatable bonds is 4. The van der Waals surface area contributed by atoms with Gasteiger partial charge < -0.3 is 10.2 Å². The summed E-state index contributed by atoms with van der Waals surface area (Å²) in [5.74, 6) is 0.409. The lowest BCUT2D eigenvalue weighted by Crippen LogP contribution is -2.43. The van der Waals surface area contributed by atoms with Crippen LogP contribution in [0.2, 0.25) is 0 Å². The van der Waals surface area contributed by atoms with Gasteiger partial charge in [0, 0.05) is 32.7 Å². The van der Waals surface area contributed by atoms with Gasteiger partial charge in [-0.05, 0) is 18.2 Å². The van der Waals surface area contributed by atoms with Crippen LogP contribution in [0.25, 0.3) is 0 Å². The van der Waals surface area contributed by atoms with Crippen LogP contribution in [0.4, 0.5) is 0 Å². The van der Waals surface area contributed by atoms with Crippen LogP contribution in [0.5, 0.6) is 0 Å². The summed E-state index contributed by atoms with van der Waals surface area (Å²) in [5, 5.41) is 11.2. The van der Waals surface area contributed by atoms with Gasteiger partial charge in [-0.3, -0.25) is 9.69 Å². The number of likely N-dealkylation sites (N-methyl/N-ethyl adjacent to an activating group) is 1. The van der Waals surface area contributed by atoms with E-state index in [1.807, 2.05) is 0 Å². The molecule has 0 unspecified atom stereocenters. The Bertz CT molecular complexity index is 605. The Labute approximate surface area is 140 Å². The van der Waals surface area contributed by atoms with E-state index in [4.69, 9.17) is 0 Å². The van der Waals surface area contributed by atoms with Crippen molar-refractivity contribution in [1.82, 2.24) is 15.1 Å². The lowest BCUT2D eigenvalue weighted by molar-refractivity contribution is -0.116. The van der Waals surface area contributed by atoms with Crippen LogP contribution in [-0.4, -0.2) is 66.1 Å². The third-order valence-corrected chi connectivity index (χ3v) is 4.79. The zero-order valence-corrected chi connectivity index (χ0v) is 14.1. The molecule has 0 bridgehead atoms. The van der Waals surface area contributed by atoms with Gasteiger partial charge in [0.05, 0.1) is 12.0 Å². The molecular weight excluding hydrogens is 310 g/mol. The van der Waals surface area contributed by atoms with Crippen molar-refractivity contribution in [3.63, 3.8) is 0 Å². The number of hydrogen-bond donors (Lipinski definition) is 1. The molecule has 0 saturated carbocycles. The van der Waals surface area contributed by atoms with Gasteiger partial charge in [-0.2, -0.15) is 5.10 Å². The molecule has 2 aliphatic heterocycles. The smallest absolute Gasteiger partial charge is 0.236 e. The molecule has 0 atom stereocenters. The molecule has 2 aliphatic rings. The predicted molar refractivity (Wildman–Crippen MR) is 94.8 cm³/mol. The van der Waals surface area contributed by atoms with E-state index >= 15 is 0 Å². The van der Waals surface area contributed by atoms with E-state index in [0.717, 1.165) is 38.3 Å². The molecular formula is C16H21N5OS. The summed E-state index contributed by atoms with van der Waals surface area (Å²) >= 11 is 1.37. The minimum atomic E-state index is -0.0165. The Morgan fingerprint density at radius 1 is 1.22 bits per heavy atom. The predicted octanol–water partition coefficient (Wildman–Crippen LogP) is 0.987. The number of piperazine rings is 1. The molecule has 2 heterocycles.